The molecule has 0 aliphatic carbocycles. The first-order valence-corrected chi connectivity index (χ1v) is 8.20. The minimum Gasteiger partial charge on any atom is -0.352 e. The molecule has 2 aromatic carbocycles. The summed E-state index contributed by atoms with van der Waals surface area (Å²) < 4.78 is 0. The van der Waals surface area contributed by atoms with Crippen molar-refractivity contribution in [3.8, 4) is 0 Å². The second-order valence-electron chi connectivity index (χ2n) is 6.37. The molecule has 1 fully saturated rings. The summed E-state index contributed by atoms with van der Waals surface area (Å²) in [5.74, 6) is -0.406. The van der Waals surface area contributed by atoms with E-state index in [9.17, 15) is 9.59 Å². The zero-order valence-electron chi connectivity index (χ0n) is 14.0. The number of aryl methyl sites for hydroxylation is 1. The van der Waals surface area contributed by atoms with Crippen LogP contribution in [0.2, 0.25) is 0 Å². The maximum absolute atomic E-state index is 12.7. The molecule has 124 valence electrons. The molecule has 0 aromatic heterocycles. The lowest BCUT2D eigenvalue weighted by atomic mass is 9.92. The molecule has 0 bridgehead atoms. The molecule has 2 atom stereocenters. The van der Waals surface area contributed by atoms with E-state index in [1.807, 2.05) is 61.5 Å². The molecule has 0 saturated carbocycles. The van der Waals surface area contributed by atoms with Crippen molar-refractivity contribution in [2.75, 3.05) is 7.05 Å². The van der Waals surface area contributed by atoms with Crippen LogP contribution in [0.1, 0.15) is 29.2 Å². The van der Waals surface area contributed by atoms with Gasteiger partial charge in [0.15, 0.2) is 0 Å². The van der Waals surface area contributed by atoms with Crippen molar-refractivity contribution < 1.29 is 9.59 Å². The van der Waals surface area contributed by atoms with Crippen LogP contribution in [0.25, 0.3) is 0 Å². The van der Waals surface area contributed by atoms with Crippen LogP contribution in [-0.2, 0) is 16.1 Å². The number of carbonyl (C=O) groups excluding carboxylic acids is 2. The van der Waals surface area contributed by atoms with E-state index in [-0.39, 0.29) is 30.2 Å². The van der Waals surface area contributed by atoms with Gasteiger partial charge in [0.05, 0.1) is 12.0 Å². The Morgan fingerprint density at radius 2 is 1.79 bits per heavy atom. The summed E-state index contributed by atoms with van der Waals surface area (Å²) in [5.41, 5.74) is 3.22. The first-order chi connectivity index (χ1) is 11.6. The van der Waals surface area contributed by atoms with Crippen LogP contribution in [0.5, 0.6) is 0 Å². The molecule has 4 nitrogen and oxygen atoms in total. The van der Waals surface area contributed by atoms with Crippen LogP contribution in [0.3, 0.4) is 0 Å². The Hall–Kier alpha value is -2.62. The molecule has 1 aliphatic rings. The van der Waals surface area contributed by atoms with Crippen molar-refractivity contribution in [2.24, 2.45) is 5.92 Å². The average Bonchev–Trinajstić information content (AvgIpc) is 2.90. The number of carbonyl (C=O) groups is 2. The van der Waals surface area contributed by atoms with Gasteiger partial charge in [0, 0.05) is 20.0 Å². The fraction of sp³-hybridized carbons (Fsp3) is 0.300. The molecular weight excluding hydrogens is 300 g/mol. The van der Waals surface area contributed by atoms with Crippen LogP contribution in [-0.4, -0.2) is 23.8 Å². The maximum Gasteiger partial charge on any atom is 0.226 e. The third-order valence-electron chi connectivity index (χ3n) is 4.65. The van der Waals surface area contributed by atoms with Gasteiger partial charge in [-0.3, -0.25) is 9.59 Å². The van der Waals surface area contributed by atoms with Gasteiger partial charge < -0.3 is 10.2 Å². The van der Waals surface area contributed by atoms with Crippen molar-refractivity contribution in [1.29, 1.82) is 0 Å². The summed E-state index contributed by atoms with van der Waals surface area (Å²) in [4.78, 5) is 26.5. The zero-order chi connectivity index (χ0) is 17.1. The van der Waals surface area contributed by atoms with Crippen molar-refractivity contribution in [2.45, 2.75) is 25.9 Å². The predicted octanol–water partition coefficient (Wildman–Crippen LogP) is 2.83. The van der Waals surface area contributed by atoms with Crippen LogP contribution in [0.15, 0.2) is 54.6 Å². The number of hydrogen-bond acceptors (Lipinski definition) is 2. The fourth-order valence-corrected chi connectivity index (χ4v) is 3.24. The molecule has 24 heavy (non-hydrogen) atoms. The Morgan fingerprint density at radius 1 is 1.12 bits per heavy atom. The summed E-state index contributed by atoms with van der Waals surface area (Å²) in [6.45, 7) is 2.51. The monoisotopic (exact) mass is 322 g/mol. The van der Waals surface area contributed by atoms with Gasteiger partial charge in [0.1, 0.15) is 0 Å². The van der Waals surface area contributed by atoms with E-state index < -0.39 is 0 Å². The first-order valence-electron chi connectivity index (χ1n) is 8.20. The standard InChI is InChI=1S/C20H22N2O2/c1-14-8-10-16(11-9-14)19-17(12-18(23)22(19)2)20(24)21-13-15-6-4-3-5-7-15/h3-11,17,19H,12-13H2,1-2H3,(H,21,24)/t17-,19+/m1/s1. The summed E-state index contributed by atoms with van der Waals surface area (Å²) in [5, 5.41) is 2.98. The average molecular weight is 322 g/mol. The molecule has 3 rings (SSSR count). The Bertz CT molecular complexity index is 725. The van der Waals surface area contributed by atoms with E-state index in [1.165, 1.54) is 0 Å². The maximum atomic E-state index is 12.7. The molecular formula is C20H22N2O2. The van der Waals surface area contributed by atoms with Crippen LogP contribution < -0.4 is 5.32 Å². The van der Waals surface area contributed by atoms with E-state index in [1.54, 1.807) is 11.9 Å². The number of amides is 2. The minimum atomic E-state index is -0.353. The van der Waals surface area contributed by atoms with Gasteiger partial charge in [0.25, 0.3) is 0 Å². The smallest absolute Gasteiger partial charge is 0.226 e. The lowest BCUT2D eigenvalue weighted by Gasteiger charge is -2.25. The Labute approximate surface area is 142 Å². The van der Waals surface area contributed by atoms with Crippen LogP contribution in [0.4, 0.5) is 0 Å². The third kappa shape index (κ3) is 3.32. The predicted molar refractivity (Wildman–Crippen MR) is 93.1 cm³/mol. The van der Waals surface area contributed by atoms with Crippen molar-refractivity contribution in [3.63, 3.8) is 0 Å². The molecule has 0 radical (unpaired) electrons. The van der Waals surface area contributed by atoms with Gasteiger partial charge in [-0.25, -0.2) is 0 Å². The van der Waals surface area contributed by atoms with E-state index in [0.29, 0.717) is 6.54 Å². The second kappa shape index (κ2) is 6.87. The zero-order valence-corrected chi connectivity index (χ0v) is 14.0. The highest BCUT2D eigenvalue weighted by Gasteiger charge is 2.42. The normalized spacial score (nSPS) is 20.2. The molecule has 1 aliphatic heterocycles. The van der Waals surface area contributed by atoms with Gasteiger partial charge in [-0.1, -0.05) is 60.2 Å². The lowest BCUT2D eigenvalue weighted by molar-refractivity contribution is -0.128. The number of hydrogen-bond donors (Lipinski definition) is 1. The van der Waals surface area contributed by atoms with Gasteiger partial charge in [-0.05, 0) is 18.1 Å². The summed E-state index contributed by atoms with van der Waals surface area (Å²) in [6, 6.07) is 17.6. The molecule has 0 unspecified atom stereocenters. The number of nitrogens with zero attached hydrogens (tertiary/aromatic N) is 1. The summed E-state index contributed by atoms with van der Waals surface area (Å²) in [7, 11) is 1.78. The van der Waals surface area contributed by atoms with E-state index in [0.717, 1.165) is 16.7 Å². The molecule has 1 saturated heterocycles. The Morgan fingerprint density at radius 3 is 2.46 bits per heavy atom. The SMILES string of the molecule is Cc1ccc([C@H]2[C@H](C(=O)NCc3ccccc3)CC(=O)N2C)cc1. The third-order valence-corrected chi connectivity index (χ3v) is 4.65. The largest absolute Gasteiger partial charge is 0.352 e. The second-order valence-corrected chi connectivity index (χ2v) is 6.37. The molecule has 2 aromatic rings. The number of nitrogens with one attached hydrogen (secondary N) is 1. The minimum absolute atomic E-state index is 0.0143. The number of benzene rings is 2. The van der Waals surface area contributed by atoms with Gasteiger partial charge >= 0.3 is 0 Å². The van der Waals surface area contributed by atoms with E-state index >= 15 is 0 Å². The summed E-state index contributed by atoms with van der Waals surface area (Å²) >= 11 is 0. The Balaban J connectivity index is 1.75. The molecule has 1 N–H and O–H groups in total. The van der Waals surface area contributed by atoms with E-state index in [2.05, 4.69) is 5.32 Å². The van der Waals surface area contributed by atoms with Crippen molar-refractivity contribution in [1.82, 2.24) is 10.2 Å². The lowest BCUT2D eigenvalue weighted by Crippen LogP contribution is -2.34. The summed E-state index contributed by atoms with van der Waals surface area (Å²) in [6.07, 6.45) is 0.260. The molecule has 0 spiro atoms. The number of likely N-dealkylation sites (tertiary alicyclic amines) is 1. The van der Waals surface area contributed by atoms with Gasteiger partial charge in [-0.15, -0.1) is 0 Å². The molecule has 4 heteroatoms. The molecule has 1 heterocycles. The van der Waals surface area contributed by atoms with Crippen LogP contribution >= 0.6 is 0 Å². The van der Waals surface area contributed by atoms with Gasteiger partial charge in [-0.2, -0.15) is 0 Å². The van der Waals surface area contributed by atoms with E-state index in [4.69, 9.17) is 0 Å². The van der Waals surface area contributed by atoms with Crippen molar-refractivity contribution in [3.05, 3.63) is 71.3 Å². The molecule has 2 amide bonds. The first kappa shape index (κ1) is 16.2. The van der Waals surface area contributed by atoms with Crippen molar-refractivity contribution >= 4 is 11.8 Å². The topological polar surface area (TPSA) is 49.4 Å². The Kier molecular flexibility index (Phi) is 4.65. The highest BCUT2D eigenvalue weighted by atomic mass is 16.2. The highest BCUT2D eigenvalue weighted by molar-refractivity contribution is 5.90. The van der Waals surface area contributed by atoms with Crippen LogP contribution in [0, 0.1) is 12.8 Å². The highest BCUT2D eigenvalue weighted by Crippen LogP contribution is 2.37. The number of rotatable bonds is 4. The quantitative estimate of drug-likeness (QED) is 0.941. The fourth-order valence-electron chi connectivity index (χ4n) is 3.24. The van der Waals surface area contributed by atoms with Gasteiger partial charge in [0.2, 0.25) is 11.8 Å².